The third-order valence-corrected chi connectivity index (χ3v) is 5.78. The number of carboxylic acid groups (broad SMARTS) is 1. The number of hydrogen-bond donors (Lipinski definition) is 2. The minimum atomic E-state index is -0.920. The number of aliphatic carboxylic acids is 1. The van der Waals surface area contributed by atoms with Crippen LogP contribution in [0.5, 0.6) is 0 Å². The van der Waals surface area contributed by atoms with Gasteiger partial charge < -0.3 is 10.4 Å². The molecule has 4 aromatic carbocycles. The van der Waals surface area contributed by atoms with Gasteiger partial charge in [0.1, 0.15) is 6.04 Å². The van der Waals surface area contributed by atoms with Crippen LogP contribution in [-0.2, 0) is 11.2 Å². The Morgan fingerprint density at radius 1 is 0.806 bits per heavy atom. The van der Waals surface area contributed by atoms with Crippen LogP contribution in [0.15, 0.2) is 103 Å². The van der Waals surface area contributed by atoms with E-state index in [4.69, 9.17) is 12.2 Å². The highest BCUT2D eigenvalue weighted by Gasteiger charge is 2.26. The summed E-state index contributed by atoms with van der Waals surface area (Å²) in [5, 5.41) is 15.3. The predicted octanol–water partition coefficient (Wildman–Crippen LogP) is 5.58. The Kier molecular flexibility index (Phi) is 6.39. The second kappa shape index (κ2) is 9.54. The summed E-state index contributed by atoms with van der Waals surface area (Å²) >= 11 is 5.84. The number of benzene rings is 4. The quantitative estimate of drug-likeness (QED) is 0.379. The lowest BCUT2D eigenvalue weighted by Crippen LogP contribution is -2.43. The summed E-state index contributed by atoms with van der Waals surface area (Å²) in [5.74, 6) is -1.17. The van der Waals surface area contributed by atoms with Crippen molar-refractivity contribution in [1.29, 1.82) is 0 Å². The van der Waals surface area contributed by atoms with Crippen LogP contribution in [0.2, 0.25) is 0 Å². The normalized spacial score (nSPS) is 12.8. The first-order valence-electron chi connectivity index (χ1n) is 10.2. The number of rotatable bonds is 7. The first-order valence-corrected chi connectivity index (χ1v) is 10.6. The fourth-order valence-corrected chi connectivity index (χ4v) is 4.33. The summed E-state index contributed by atoms with van der Waals surface area (Å²) in [7, 11) is 0. The van der Waals surface area contributed by atoms with Crippen molar-refractivity contribution in [3.63, 3.8) is 0 Å². The lowest BCUT2D eigenvalue weighted by Gasteiger charge is -2.25. The highest BCUT2D eigenvalue weighted by atomic mass is 32.1. The van der Waals surface area contributed by atoms with Crippen LogP contribution in [0, 0.1) is 0 Å². The lowest BCUT2D eigenvalue weighted by molar-refractivity contribution is -0.139. The van der Waals surface area contributed by atoms with Crippen molar-refractivity contribution in [3.8, 4) is 0 Å². The van der Waals surface area contributed by atoms with E-state index in [9.17, 15) is 9.90 Å². The first kappa shape index (κ1) is 20.8. The van der Waals surface area contributed by atoms with Gasteiger partial charge in [-0.2, -0.15) is 0 Å². The van der Waals surface area contributed by atoms with E-state index in [1.165, 1.54) is 0 Å². The number of nitrogens with one attached hydrogen (secondary N) is 1. The van der Waals surface area contributed by atoms with Crippen molar-refractivity contribution in [2.75, 3.05) is 0 Å². The number of thiocarbonyl (C=S) groups is 1. The van der Waals surface area contributed by atoms with Crippen LogP contribution < -0.4 is 5.32 Å². The Morgan fingerprint density at radius 2 is 1.42 bits per heavy atom. The molecule has 1 unspecified atom stereocenters. The van der Waals surface area contributed by atoms with Crippen molar-refractivity contribution in [2.24, 2.45) is 0 Å². The molecule has 4 rings (SSSR count). The minimum absolute atomic E-state index is 0.250. The fourth-order valence-electron chi connectivity index (χ4n) is 3.92. The average molecular weight is 426 g/mol. The third kappa shape index (κ3) is 4.81. The largest absolute Gasteiger partial charge is 0.480 e. The number of carboxylic acids is 1. The zero-order valence-electron chi connectivity index (χ0n) is 16.9. The Hall–Kier alpha value is -3.50. The zero-order valence-corrected chi connectivity index (χ0v) is 17.8. The number of fused-ring (bicyclic) bond motifs is 1. The molecular formula is C27H23NO2S. The molecule has 2 atom stereocenters. The molecule has 0 bridgehead atoms. The molecule has 0 aromatic heterocycles. The average Bonchev–Trinajstić information content (AvgIpc) is 2.80. The standard InChI is InChI=1S/C27H23NO2S/c29-27(30)24(18-19-10-3-1-4-11-19)28-26(31)25(21-13-5-2-6-14-21)23-17-9-15-20-12-7-8-16-22(20)23/h1-17,24-25H,18H2,(H,28,31)(H,29,30)/t24-,25?/m0/s1. The summed E-state index contributed by atoms with van der Waals surface area (Å²) < 4.78 is 0. The van der Waals surface area contributed by atoms with E-state index >= 15 is 0 Å². The van der Waals surface area contributed by atoms with Crippen molar-refractivity contribution < 1.29 is 9.90 Å². The molecule has 0 amide bonds. The lowest BCUT2D eigenvalue weighted by atomic mass is 9.87. The second-order valence-corrected chi connectivity index (χ2v) is 7.94. The number of hydrogen-bond acceptors (Lipinski definition) is 2. The van der Waals surface area contributed by atoms with Crippen LogP contribution in [0.25, 0.3) is 10.8 Å². The highest BCUT2D eigenvalue weighted by molar-refractivity contribution is 7.80. The van der Waals surface area contributed by atoms with Gasteiger partial charge in [-0.25, -0.2) is 4.79 Å². The van der Waals surface area contributed by atoms with Gasteiger partial charge >= 0.3 is 5.97 Å². The molecule has 4 aromatic rings. The molecule has 0 spiro atoms. The molecule has 154 valence electrons. The third-order valence-electron chi connectivity index (χ3n) is 5.43. The van der Waals surface area contributed by atoms with E-state index in [2.05, 4.69) is 29.6 Å². The van der Waals surface area contributed by atoms with Gasteiger partial charge in [-0.3, -0.25) is 0 Å². The van der Waals surface area contributed by atoms with Gasteiger partial charge in [-0.15, -0.1) is 0 Å². The van der Waals surface area contributed by atoms with E-state index < -0.39 is 12.0 Å². The van der Waals surface area contributed by atoms with Gasteiger partial charge in [-0.05, 0) is 27.5 Å². The summed E-state index contributed by atoms with van der Waals surface area (Å²) in [6, 6.07) is 33.2. The van der Waals surface area contributed by atoms with Gasteiger partial charge in [0.25, 0.3) is 0 Å². The highest BCUT2D eigenvalue weighted by Crippen LogP contribution is 2.32. The topological polar surface area (TPSA) is 49.3 Å². The Bertz CT molecular complexity index is 1190. The van der Waals surface area contributed by atoms with Crippen molar-refractivity contribution in [1.82, 2.24) is 5.32 Å². The Labute approximate surface area is 187 Å². The van der Waals surface area contributed by atoms with Crippen molar-refractivity contribution >= 4 is 33.9 Å². The molecule has 31 heavy (non-hydrogen) atoms. The van der Waals surface area contributed by atoms with Gasteiger partial charge in [0.2, 0.25) is 0 Å². The van der Waals surface area contributed by atoms with E-state index in [1.807, 2.05) is 78.9 Å². The van der Waals surface area contributed by atoms with Crippen LogP contribution in [-0.4, -0.2) is 22.1 Å². The van der Waals surface area contributed by atoms with E-state index in [1.54, 1.807) is 0 Å². The van der Waals surface area contributed by atoms with Gasteiger partial charge in [-0.1, -0.05) is 115 Å². The number of carbonyl (C=O) groups is 1. The monoisotopic (exact) mass is 425 g/mol. The molecule has 0 radical (unpaired) electrons. The molecular weight excluding hydrogens is 402 g/mol. The van der Waals surface area contributed by atoms with Crippen LogP contribution in [0.1, 0.15) is 22.6 Å². The fraction of sp³-hybridized carbons (Fsp3) is 0.111. The summed E-state index contributed by atoms with van der Waals surface area (Å²) in [6.45, 7) is 0. The van der Waals surface area contributed by atoms with Crippen LogP contribution >= 0.6 is 12.2 Å². The van der Waals surface area contributed by atoms with Gasteiger partial charge in [0.05, 0.1) is 10.9 Å². The van der Waals surface area contributed by atoms with Crippen molar-refractivity contribution in [3.05, 3.63) is 120 Å². The van der Waals surface area contributed by atoms with E-state index in [0.29, 0.717) is 11.4 Å². The predicted molar refractivity (Wildman–Crippen MR) is 130 cm³/mol. The smallest absolute Gasteiger partial charge is 0.326 e. The van der Waals surface area contributed by atoms with E-state index in [0.717, 1.165) is 27.5 Å². The molecule has 2 N–H and O–H groups in total. The minimum Gasteiger partial charge on any atom is -0.480 e. The van der Waals surface area contributed by atoms with Crippen LogP contribution in [0.4, 0.5) is 0 Å². The maximum Gasteiger partial charge on any atom is 0.326 e. The Balaban J connectivity index is 1.71. The second-order valence-electron chi connectivity index (χ2n) is 7.50. The maximum atomic E-state index is 12.0. The summed E-state index contributed by atoms with van der Waals surface area (Å²) in [5.41, 5.74) is 3.04. The molecule has 3 nitrogen and oxygen atoms in total. The van der Waals surface area contributed by atoms with E-state index in [-0.39, 0.29) is 5.92 Å². The molecule has 0 heterocycles. The molecule has 4 heteroatoms. The van der Waals surface area contributed by atoms with Crippen LogP contribution in [0.3, 0.4) is 0 Å². The zero-order chi connectivity index (χ0) is 21.6. The molecule has 0 aliphatic rings. The summed E-state index contributed by atoms with van der Waals surface area (Å²) in [4.78, 5) is 12.5. The molecule has 0 aliphatic carbocycles. The van der Waals surface area contributed by atoms with Crippen molar-refractivity contribution in [2.45, 2.75) is 18.4 Å². The maximum absolute atomic E-state index is 12.0. The van der Waals surface area contributed by atoms with Gasteiger partial charge in [0, 0.05) is 6.42 Å². The molecule has 0 saturated carbocycles. The molecule has 0 aliphatic heterocycles. The first-order chi connectivity index (χ1) is 15.1. The summed E-state index contributed by atoms with van der Waals surface area (Å²) in [6.07, 6.45) is 0.355. The Morgan fingerprint density at radius 3 is 2.13 bits per heavy atom. The molecule has 0 fully saturated rings. The SMILES string of the molecule is O=C(O)[C@H](Cc1ccccc1)NC(=S)C(c1ccccc1)c1cccc2ccccc12. The van der Waals surface area contributed by atoms with Gasteiger partial charge in [0.15, 0.2) is 0 Å². The molecule has 0 saturated heterocycles.